The van der Waals surface area contributed by atoms with E-state index in [4.69, 9.17) is 4.74 Å². The first-order valence-electron chi connectivity index (χ1n) is 8.60. The molecule has 0 aliphatic carbocycles. The number of hydrogen-bond acceptors (Lipinski definition) is 3. The molecule has 3 aromatic rings. The average molecular weight is 335 g/mol. The molecule has 2 heterocycles. The van der Waals surface area contributed by atoms with Crippen LogP contribution >= 0.6 is 0 Å². The Hall–Kier alpha value is -2.79. The summed E-state index contributed by atoms with van der Waals surface area (Å²) in [5.74, 6) is 0.904. The van der Waals surface area contributed by atoms with E-state index in [1.54, 1.807) is 4.57 Å². The number of aromatic nitrogens is 2. The van der Waals surface area contributed by atoms with Gasteiger partial charge in [0.25, 0.3) is 0 Å². The predicted molar refractivity (Wildman–Crippen MR) is 99.8 cm³/mol. The number of nitrogens with zero attached hydrogens (tertiary/aromatic N) is 2. The highest BCUT2D eigenvalue weighted by atomic mass is 16.5. The third-order valence-corrected chi connectivity index (χ3v) is 4.57. The maximum absolute atomic E-state index is 12.3. The van der Waals surface area contributed by atoms with Crippen LogP contribution in [0, 0.1) is 0 Å². The third-order valence-electron chi connectivity index (χ3n) is 4.57. The molecular formula is C20H21N3O2. The van der Waals surface area contributed by atoms with Crippen molar-refractivity contribution in [1.29, 1.82) is 0 Å². The molecule has 5 nitrogen and oxygen atoms in total. The van der Waals surface area contributed by atoms with E-state index in [9.17, 15) is 4.79 Å². The van der Waals surface area contributed by atoms with Crippen LogP contribution in [0.1, 0.15) is 6.42 Å². The van der Waals surface area contributed by atoms with E-state index in [0.717, 1.165) is 48.5 Å². The van der Waals surface area contributed by atoms with Crippen molar-refractivity contribution < 1.29 is 4.74 Å². The van der Waals surface area contributed by atoms with Gasteiger partial charge in [0.1, 0.15) is 12.4 Å². The Morgan fingerprint density at radius 2 is 1.84 bits per heavy atom. The van der Waals surface area contributed by atoms with E-state index in [1.165, 1.54) is 0 Å². The zero-order valence-electron chi connectivity index (χ0n) is 14.0. The standard InChI is InChI=1S/C20H21N3O2/c24-20-21-18-8-4-5-9-19(18)23(20)16-10-12-22(13-11-16)14-15-25-17-6-2-1-3-7-17/h1-10H,11-15H2,(H,21,24). The number of nitrogens with one attached hydrogen (secondary N) is 1. The first-order chi connectivity index (χ1) is 12.3. The predicted octanol–water partition coefficient (Wildman–Crippen LogP) is 2.96. The largest absolute Gasteiger partial charge is 0.492 e. The van der Waals surface area contributed by atoms with Crippen LogP contribution in [0.15, 0.2) is 65.5 Å². The second-order valence-electron chi connectivity index (χ2n) is 6.19. The molecule has 1 aromatic heterocycles. The molecule has 0 spiro atoms. The summed E-state index contributed by atoms with van der Waals surface area (Å²) in [4.78, 5) is 17.5. The Kier molecular flexibility index (Phi) is 4.39. The minimum absolute atomic E-state index is 0.0617. The maximum Gasteiger partial charge on any atom is 0.330 e. The zero-order valence-corrected chi connectivity index (χ0v) is 14.0. The Bertz CT molecular complexity index is 940. The van der Waals surface area contributed by atoms with Crippen LogP contribution in [0.3, 0.4) is 0 Å². The maximum atomic E-state index is 12.3. The minimum atomic E-state index is -0.0617. The van der Waals surface area contributed by atoms with Crippen molar-refractivity contribution >= 4 is 16.7 Å². The molecule has 0 saturated heterocycles. The Labute approximate surface area is 146 Å². The van der Waals surface area contributed by atoms with Crippen LogP contribution in [-0.2, 0) is 0 Å². The van der Waals surface area contributed by atoms with Crippen molar-refractivity contribution in [3.63, 3.8) is 0 Å². The molecule has 0 amide bonds. The van der Waals surface area contributed by atoms with Gasteiger partial charge in [-0.15, -0.1) is 0 Å². The molecule has 25 heavy (non-hydrogen) atoms. The second kappa shape index (κ2) is 6.99. The number of para-hydroxylation sites is 3. The first-order valence-corrected chi connectivity index (χ1v) is 8.60. The van der Waals surface area contributed by atoms with Gasteiger partial charge in [0.2, 0.25) is 0 Å². The number of hydrogen-bond donors (Lipinski definition) is 1. The lowest BCUT2D eigenvalue weighted by atomic mass is 10.2. The molecule has 0 fully saturated rings. The van der Waals surface area contributed by atoms with E-state index in [1.807, 2.05) is 54.6 Å². The van der Waals surface area contributed by atoms with E-state index in [-0.39, 0.29) is 5.69 Å². The number of ether oxygens (including phenoxy) is 1. The number of fused-ring (bicyclic) bond motifs is 1. The lowest BCUT2D eigenvalue weighted by molar-refractivity contribution is 0.221. The summed E-state index contributed by atoms with van der Waals surface area (Å²) >= 11 is 0. The number of H-pyrrole nitrogens is 1. The van der Waals surface area contributed by atoms with Gasteiger partial charge in [-0.3, -0.25) is 9.47 Å². The van der Waals surface area contributed by atoms with Gasteiger partial charge >= 0.3 is 5.69 Å². The molecule has 0 unspecified atom stereocenters. The zero-order chi connectivity index (χ0) is 17.1. The van der Waals surface area contributed by atoms with Gasteiger partial charge in [0.15, 0.2) is 0 Å². The lowest BCUT2D eigenvalue weighted by Crippen LogP contribution is -2.34. The van der Waals surface area contributed by atoms with Crippen molar-refractivity contribution in [3.05, 3.63) is 71.2 Å². The molecule has 0 atom stereocenters. The number of benzene rings is 2. The van der Waals surface area contributed by atoms with E-state index < -0.39 is 0 Å². The average Bonchev–Trinajstić information content (AvgIpc) is 2.99. The van der Waals surface area contributed by atoms with Crippen LogP contribution < -0.4 is 10.4 Å². The van der Waals surface area contributed by atoms with Crippen molar-refractivity contribution in [1.82, 2.24) is 14.5 Å². The highest BCUT2D eigenvalue weighted by Gasteiger charge is 2.16. The van der Waals surface area contributed by atoms with Crippen molar-refractivity contribution in [3.8, 4) is 5.75 Å². The fraction of sp³-hybridized carbons (Fsp3) is 0.250. The SMILES string of the molecule is O=c1[nH]c2ccccc2n1C1=CCN(CCOc2ccccc2)CC1. The van der Waals surface area contributed by atoms with Crippen molar-refractivity contribution in [2.75, 3.05) is 26.2 Å². The summed E-state index contributed by atoms with van der Waals surface area (Å²) in [5, 5.41) is 0. The van der Waals surface area contributed by atoms with Crippen LogP contribution in [0.25, 0.3) is 16.7 Å². The first kappa shape index (κ1) is 15.7. The smallest absolute Gasteiger partial charge is 0.330 e. The van der Waals surface area contributed by atoms with Crippen LogP contribution in [-0.4, -0.2) is 40.7 Å². The fourth-order valence-corrected chi connectivity index (χ4v) is 3.26. The van der Waals surface area contributed by atoms with Crippen LogP contribution in [0.4, 0.5) is 0 Å². The van der Waals surface area contributed by atoms with Gasteiger partial charge in [-0.1, -0.05) is 36.4 Å². The molecule has 0 bridgehead atoms. The van der Waals surface area contributed by atoms with Gasteiger partial charge < -0.3 is 9.72 Å². The van der Waals surface area contributed by atoms with E-state index in [0.29, 0.717) is 6.61 Å². The van der Waals surface area contributed by atoms with Gasteiger partial charge in [0.05, 0.1) is 11.0 Å². The summed E-state index contributed by atoms with van der Waals surface area (Å²) in [5.41, 5.74) is 2.84. The molecule has 1 aliphatic heterocycles. The molecule has 1 N–H and O–H groups in total. The van der Waals surface area contributed by atoms with Gasteiger partial charge in [-0.2, -0.15) is 0 Å². The molecule has 0 radical (unpaired) electrons. The Morgan fingerprint density at radius 3 is 2.64 bits per heavy atom. The number of rotatable bonds is 5. The van der Waals surface area contributed by atoms with Gasteiger partial charge in [-0.25, -0.2) is 4.79 Å². The summed E-state index contributed by atoms with van der Waals surface area (Å²) in [7, 11) is 0. The molecule has 2 aromatic carbocycles. The highest BCUT2D eigenvalue weighted by Crippen LogP contribution is 2.19. The van der Waals surface area contributed by atoms with Gasteiger partial charge in [-0.05, 0) is 24.3 Å². The highest BCUT2D eigenvalue weighted by molar-refractivity contribution is 5.79. The Morgan fingerprint density at radius 1 is 1.04 bits per heavy atom. The van der Waals surface area contributed by atoms with E-state index >= 15 is 0 Å². The Balaban J connectivity index is 1.40. The van der Waals surface area contributed by atoms with Gasteiger partial charge in [0, 0.05) is 31.8 Å². The molecule has 0 saturated carbocycles. The van der Waals surface area contributed by atoms with Crippen molar-refractivity contribution in [2.45, 2.75) is 6.42 Å². The molecule has 1 aliphatic rings. The summed E-state index contributed by atoms with van der Waals surface area (Å²) in [6, 6.07) is 17.7. The normalized spacial score (nSPS) is 15.3. The second-order valence-corrected chi connectivity index (χ2v) is 6.19. The monoisotopic (exact) mass is 335 g/mol. The third kappa shape index (κ3) is 3.37. The summed E-state index contributed by atoms with van der Waals surface area (Å²) < 4.78 is 7.56. The molecule has 4 rings (SSSR count). The minimum Gasteiger partial charge on any atom is -0.492 e. The lowest BCUT2D eigenvalue weighted by Gasteiger charge is -2.26. The number of aromatic amines is 1. The molecule has 5 heteroatoms. The number of imidazole rings is 1. The van der Waals surface area contributed by atoms with Crippen molar-refractivity contribution in [2.24, 2.45) is 0 Å². The van der Waals surface area contributed by atoms with E-state index in [2.05, 4.69) is 16.0 Å². The summed E-state index contributed by atoms with van der Waals surface area (Å²) in [6.45, 7) is 3.30. The topological polar surface area (TPSA) is 50.3 Å². The molecular weight excluding hydrogens is 314 g/mol. The fourth-order valence-electron chi connectivity index (χ4n) is 3.26. The molecule has 128 valence electrons. The quantitative estimate of drug-likeness (QED) is 0.780. The van der Waals surface area contributed by atoms with Crippen LogP contribution in [0.2, 0.25) is 0 Å². The van der Waals surface area contributed by atoms with Crippen LogP contribution in [0.5, 0.6) is 5.75 Å². The summed E-state index contributed by atoms with van der Waals surface area (Å²) in [6.07, 6.45) is 3.00.